The zero-order valence-corrected chi connectivity index (χ0v) is 7.80. The lowest BCUT2D eigenvalue weighted by atomic mass is 10.5. The van der Waals surface area contributed by atoms with Gasteiger partial charge in [0, 0.05) is 12.4 Å². The van der Waals surface area contributed by atoms with Crippen LogP contribution in [0.15, 0.2) is 18.5 Å². The van der Waals surface area contributed by atoms with Crippen molar-refractivity contribution < 1.29 is 0 Å². The number of aryl methyl sites for hydroxylation is 2. The summed E-state index contributed by atoms with van der Waals surface area (Å²) in [5, 5.41) is 6.34. The van der Waals surface area contributed by atoms with Crippen LogP contribution in [-0.4, -0.2) is 14.8 Å². The maximum Gasteiger partial charge on any atom is 0.140 e. The van der Waals surface area contributed by atoms with Gasteiger partial charge in [-0.05, 0) is 19.9 Å². The van der Waals surface area contributed by atoms with Crippen molar-refractivity contribution in [2.45, 2.75) is 13.8 Å². The van der Waals surface area contributed by atoms with Gasteiger partial charge in [-0.2, -0.15) is 5.10 Å². The van der Waals surface area contributed by atoms with Crippen molar-refractivity contribution in [1.82, 2.24) is 14.8 Å². The van der Waals surface area contributed by atoms with E-state index in [4.69, 9.17) is 0 Å². The number of thiazole rings is 1. The first-order valence-corrected chi connectivity index (χ1v) is 4.53. The molecule has 0 amide bonds. The summed E-state index contributed by atoms with van der Waals surface area (Å²) in [7, 11) is 0. The van der Waals surface area contributed by atoms with Gasteiger partial charge in [-0.3, -0.25) is 0 Å². The third-order valence-corrected chi connectivity index (χ3v) is 2.65. The van der Waals surface area contributed by atoms with Gasteiger partial charge in [0.05, 0.1) is 10.7 Å². The van der Waals surface area contributed by atoms with E-state index in [1.54, 1.807) is 17.5 Å². The fraction of sp³-hybridized carbons (Fsp3) is 0.250. The number of rotatable bonds is 1. The van der Waals surface area contributed by atoms with Crippen LogP contribution < -0.4 is 0 Å². The van der Waals surface area contributed by atoms with Gasteiger partial charge >= 0.3 is 0 Å². The fourth-order valence-corrected chi connectivity index (χ4v) is 1.98. The Morgan fingerprint density at radius 2 is 2.25 bits per heavy atom. The first kappa shape index (κ1) is 7.49. The molecule has 0 fully saturated rings. The number of nitrogens with zero attached hydrogens (tertiary/aromatic N) is 3. The maximum absolute atomic E-state index is 4.32. The first-order chi connectivity index (χ1) is 5.77. The molecule has 0 N–H and O–H groups in total. The van der Waals surface area contributed by atoms with Crippen molar-refractivity contribution in [3.8, 4) is 5.00 Å². The Bertz CT molecular complexity index is 375. The summed E-state index contributed by atoms with van der Waals surface area (Å²) in [6.07, 6.45) is 3.70. The lowest BCUT2D eigenvalue weighted by Gasteiger charge is -1.94. The van der Waals surface area contributed by atoms with Crippen molar-refractivity contribution in [1.29, 1.82) is 0 Å². The average molecular weight is 179 g/mol. The Morgan fingerprint density at radius 3 is 2.75 bits per heavy atom. The van der Waals surface area contributed by atoms with E-state index < -0.39 is 0 Å². The topological polar surface area (TPSA) is 30.7 Å². The molecule has 0 aliphatic rings. The summed E-state index contributed by atoms with van der Waals surface area (Å²) < 4.78 is 1.85. The van der Waals surface area contributed by atoms with Gasteiger partial charge in [-0.1, -0.05) is 11.3 Å². The highest BCUT2D eigenvalue weighted by atomic mass is 32.1. The molecule has 0 bridgehead atoms. The summed E-state index contributed by atoms with van der Waals surface area (Å²) in [5.74, 6) is 0. The van der Waals surface area contributed by atoms with Gasteiger partial charge in [0.1, 0.15) is 5.00 Å². The van der Waals surface area contributed by atoms with Crippen molar-refractivity contribution in [3.05, 3.63) is 29.2 Å². The molecule has 0 aliphatic carbocycles. The van der Waals surface area contributed by atoms with Gasteiger partial charge in [0.15, 0.2) is 0 Å². The molecule has 2 aromatic heterocycles. The van der Waals surface area contributed by atoms with E-state index in [0.29, 0.717) is 0 Å². The monoisotopic (exact) mass is 179 g/mol. The summed E-state index contributed by atoms with van der Waals surface area (Å²) in [4.78, 5) is 4.32. The Labute approximate surface area is 74.7 Å². The molecule has 12 heavy (non-hydrogen) atoms. The third-order valence-electron chi connectivity index (χ3n) is 1.59. The molecule has 0 spiro atoms. The van der Waals surface area contributed by atoms with Crippen LogP contribution in [0.25, 0.3) is 5.00 Å². The molecule has 4 heteroatoms. The number of hydrogen-bond acceptors (Lipinski definition) is 3. The Hall–Kier alpha value is -1.16. The molecule has 0 saturated carbocycles. The molecule has 2 heterocycles. The zero-order valence-electron chi connectivity index (χ0n) is 6.98. The molecular weight excluding hydrogens is 170 g/mol. The molecule has 0 atom stereocenters. The van der Waals surface area contributed by atoms with E-state index in [-0.39, 0.29) is 0 Å². The van der Waals surface area contributed by atoms with Crippen molar-refractivity contribution >= 4 is 11.3 Å². The van der Waals surface area contributed by atoms with Crippen LogP contribution in [-0.2, 0) is 0 Å². The van der Waals surface area contributed by atoms with Crippen LogP contribution >= 0.6 is 11.3 Å². The van der Waals surface area contributed by atoms with Crippen LogP contribution in [0.5, 0.6) is 0 Å². The predicted octanol–water partition coefficient (Wildman–Crippen LogP) is 1.95. The summed E-state index contributed by atoms with van der Waals surface area (Å²) in [6, 6.07) is 1.91. The van der Waals surface area contributed by atoms with Gasteiger partial charge in [-0.15, -0.1) is 0 Å². The Morgan fingerprint density at radius 1 is 1.42 bits per heavy atom. The second-order valence-corrected chi connectivity index (χ2v) is 3.76. The Kier molecular flexibility index (Phi) is 1.69. The van der Waals surface area contributed by atoms with Crippen LogP contribution in [0.1, 0.15) is 10.7 Å². The molecule has 2 rings (SSSR count). The van der Waals surface area contributed by atoms with E-state index in [0.717, 1.165) is 15.7 Å². The van der Waals surface area contributed by atoms with E-state index in [2.05, 4.69) is 10.1 Å². The summed E-state index contributed by atoms with van der Waals surface area (Å²) in [5.41, 5.74) is 1.04. The molecule has 3 nitrogen and oxygen atoms in total. The van der Waals surface area contributed by atoms with Crippen molar-refractivity contribution in [3.63, 3.8) is 0 Å². The molecule has 0 aromatic carbocycles. The van der Waals surface area contributed by atoms with Crippen molar-refractivity contribution in [2.75, 3.05) is 0 Å². The van der Waals surface area contributed by atoms with Crippen LogP contribution in [0.3, 0.4) is 0 Å². The summed E-state index contributed by atoms with van der Waals surface area (Å²) in [6.45, 7) is 4.01. The zero-order chi connectivity index (χ0) is 8.55. The second-order valence-electron chi connectivity index (χ2n) is 2.57. The largest absolute Gasteiger partial charge is 0.245 e. The molecule has 0 aliphatic heterocycles. The van der Waals surface area contributed by atoms with E-state index in [1.807, 2.05) is 30.8 Å². The minimum Gasteiger partial charge on any atom is -0.245 e. The van der Waals surface area contributed by atoms with Gasteiger partial charge in [0.25, 0.3) is 0 Å². The minimum atomic E-state index is 1.04. The van der Waals surface area contributed by atoms with Crippen molar-refractivity contribution in [2.24, 2.45) is 0 Å². The fourth-order valence-electron chi connectivity index (χ4n) is 1.12. The molecule has 0 radical (unpaired) electrons. The van der Waals surface area contributed by atoms with Crippen LogP contribution in [0.2, 0.25) is 0 Å². The van der Waals surface area contributed by atoms with Gasteiger partial charge in [0.2, 0.25) is 0 Å². The molecule has 0 unspecified atom stereocenters. The van der Waals surface area contributed by atoms with E-state index >= 15 is 0 Å². The van der Waals surface area contributed by atoms with Gasteiger partial charge < -0.3 is 0 Å². The first-order valence-electron chi connectivity index (χ1n) is 3.71. The molecule has 0 saturated heterocycles. The predicted molar refractivity (Wildman–Crippen MR) is 48.7 cm³/mol. The highest BCUT2D eigenvalue weighted by molar-refractivity contribution is 7.14. The highest BCUT2D eigenvalue weighted by Crippen LogP contribution is 2.20. The van der Waals surface area contributed by atoms with E-state index in [9.17, 15) is 0 Å². The Balaban J connectivity index is 2.54. The van der Waals surface area contributed by atoms with Crippen LogP contribution in [0, 0.1) is 13.8 Å². The third kappa shape index (κ3) is 1.14. The minimum absolute atomic E-state index is 1.04. The molecule has 62 valence electrons. The maximum atomic E-state index is 4.32. The molecular formula is C8H9N3S. The van der Waals surface area contributed by atoms with Gasteiger partial charge in [-0.25, -0.2) is 9.67 Å². The summed E-state index contributed by atoms with van der Waals surface area (Å²) >= 11 is 1.66. The standard InChI is InChI=1S/C8H9N3S/c1-6-8(12-7(2)10-6)11-5-3-4-9-11/h3-5H,1-2H3. The lowest BCUT2D eigenvalue weighted by Crippen LogP contribution is -1.92. The normalized spacial score (nSPS) is 10.5. The highest BCUT2D eigenvalue weighted by Gasteiger charge is 2.05. The quantitative estimate of drug-likeness (QED) is 0.669. The number of hydrogen-bond donors (Lipinski definition) is 0. The lowest BCUT2D eigenvalue weighted by molar-refractivity contribution is 0.884. The van der Waals surface area contributed by atoms with E-state index in [1.165, 1.54) is 0 Å². The molecule has 2 aromatic rings. The second kappa shape index (κ2) is 2.71. The average Bonchev–Trinajstić information content (AvgIpc) is 2.58. The number of aromatic nitrogens is 3. The SMILES string of the molecule is Cc1nc(C)c(-n2cccn2)s1. The smallest absolute Gasteiger partial charge is 0.140 e. The van der Waals surface area contributed by atoms with Crippen LogP contribution in [0.4, 0.5) is 0 Å².